The van der Waals surface area contributed by atoms with Gasteiger partial charge in [0.2, 0.25) is 5.91 Å². The molecule has 0 unspecified atom stereocenters. The molecule has 0 radical (unpaired) electrons. The first-order valence-corrected chi connectivity index (χ1v) is 7.80. The minimum Gasteiger partial charge on any atom is -0.325 e. The Hall–Kier alpha value is -1.24. The van der Waals surface area contributed by atoms with Gasteiger partial charge in [-0.2, -0.15) is 0 Å². The standard InChI is InChI=1S/C13H14Cl2N4OS/c1-7(21-13-18-17-8(2)19(13)3)12(20)16-11-5-9(14)4-10(15)6-11/h4-7H,1-3H3,(H,16,20)/t7-/m0/s1. The van der Waals surface area contributed by atoms with E-state index in [0.29, 0.717) is 20.9 Å². The average Bonchev–Trinajstić information content (AvgIpc) is 2.69. The Morgan fingerprint density at radius 3 is 2.43 bits per heavy atom. The summed E-state index contributed by atoms with van der Waals surface area (Å²) in [6, 6.07) is 4.91. The SMILES string of the molecule is Cc1nnc(S[C@@H](C)C(=O)Nc2cc(Cl)cc(Cl)c2)n1C. The molecule has 5 nitrogen and oxygen atoms in total. The minimum atomic E-state index is -0.329. The highest BCUT2D eigenvalue weighted by Gasteiger charge is 2.18. The third-order valence-electron chi connectivity index (χ3n) is 2.83. The number of nitrogens with zero attached hydrogens (tertiary/aromatic N) is 3. The summed E-state index contributed by atoms with van der Waals surface area (Å²) in [6.45, 7) is 3.66. The van der Waals surface area contributed by atoms with E-state index in [9.17, 15) is 4.79 Å². The second-order valence-electron chi connectivity index (χ2n) is 4.50. The molecular weight excluding hydrogens is 331 g/mol. The molecule has 1 atom stereocenters. The maximum atomic E-state index is 12.2. The topological polar surface area (TPSA) is 59.8 Å². The highest BCUT2D eigenvalue weighted by Crippen LogP contribution is 2.25. The number of rotatable bonds is 4. The first-order valence-electron chi connectivity index (χ1n) is 6.16. The smallest absolute Gasteiger partial charge is 0.237 e. The molecule has 0 bridgehead atoms. The van der Waals surface area contributed by atoms with E-state index in [4.69, 9.17) is 23.2 Å². The predicted octanol–water partition coefficient (Wildman–Crippen LogP) is 3.55. The molecular formula is C13H14Cl2N4OS. The second kappa shape index (κ2) is 6.68. The number of nitrogens with one attached hydrogen (secondary N) is 1. The molecule has 0 aliphatic heterocycles. The van der Waals surface area contributed by atoms with Gasteiger partial charge in [-0.15, -0.1) is 10.2 Å². The number of hydrogen-bond acceptors (Lipinski definition) is 4. The molecule has 0 saturated carbocycles. The number of benzene rings is 1. The zero-order valence-corrected chi connectivity index (χ0v) is 14.1. The van der Waals surface area contributed by atoms with E-state index in [1.807, 2.05) is 18.5 Å². The molecule has 1 amide bonds. The first-order chi connectivity index (χ1) is 9.86. The van der Waals surface area contributed by atoms with E-state index in [1.165, 1.54) is 11.8 Å². The molecule has 0 saturated heterocycles. The lowest BCUT2D eigenvalue weighted by atomic mass is 10.3. The van der Waals surface area contributed by atoms with Crippen LogP contribution in [-0.4, -0.2) is 25.9 Å². The lowest BCUT2D eigenvalue weighted by molar-refractivity contribution is -0.115. The largest absolute Gasteiger partial charge is 0.325 e. The van der Waals surface area contributed by atoms with Gasteiger partial charge in [0.1, 0.15) is 5.82 Å². The molecule has 0 aliphatic rings. The molecule has 0 spiro atoms. The number of aromatic nitrogens is 3. The Morgan fingerprint density at radius 2 is 1.90 bits per heavy atom. The van der Waals surface area contributed by atoms with Crippen LogP contribution in [0.25, 0.3) is 0 Å². The van der Waals surface area contributed by atoms with Crippen LogP contribution in [0.4, 0.5) is 5.69 Å². The molecule has 0 aliphatic carbocycles. The minimum absolute atomic E-state index is 0.154. The molecule has 0 fully saturated rings. The molecule has 1 N–H and O–H groups in total. The lowest BCUT2D eigenvalue weighted by Gasteiger charge is -2.12. The van der Waals surface area contributed by atoms with Gasteiger partial charge in [0.15, 0.2) is 5.16 Å². The number of amides is 1. The van der Waals surface area contributed by atoms with E-state index in [2.05, 4.69) is 15.5 Å². The number of carbonyl (C=O) groups excluding carboxylic acids is 1. The van der Waals surface area contributed by atoms with Gasteiger partial charge in [-0.05, 0) is 32.0 Å². The molecule has 2 rings (SSSR count). The number of halogens is 2. The van der Waals surface area contributed by atoms with E-state index in [1.54, 1.807) is 25.1 Å². The Morgan fingerprint density at radius 1 is 1.29 bits per heavy atom. The number of aryl methyl sites for hydroxylation is 1. The maximum absolute atomic E-state index is 12.2. The van der Waals surface area contributed by atoms with Crippen molar-refractivity contribution in [2.75, 3.05) is 5.32 Å². The van der Waals surface area contributed by atoms with Crippen molar-refractivity contribution in [3.05, 3.63) is 34.1 Å². The van der Waals surface area contributed by atoms with Crippen molar-refractivity contribution in [1.82, 2.24) is 14.8 Å². The Balaban J connectivity index is 2.04. The fraction of sp³-hybridized carbons (Fsp3) is 0.308. The summed E-state index contributed by atoms with van der Waals surface area (Å²) < 4.78 is 1.84. The van der Waals surface area contributed by atoms with Gasteiger partial charge in [0, 0.05) is 22.8 Å². The van der Waals surface area contributed by atoms with Gasteiger partial charge >= 0.3 is 0 Å². The third-order valence-corrected chi connectivity index (χ3v) is 4.40. The van der Waals surface area contributed by atoms with Crippen LogP contribution in [0.5, 0.6) is 0 Å². The molecule has 112 valence electrons. The van der Waals surface area contributed by atoms with Crippen molar-refractivity contribution >= 4 is 46.6 Å². The summed E-state index contributed by atoms with van der Waals surface area (Å²) in [5.74, 6) is 0.644. The van der Waals surface area contributed by atoms with Gasteiger partial charge in [-0.3, -0.25) is 4.79 Å². The zero-order valence-electron chi connectivity index (χ0n) is 11.7. The van der Waals surface area contributed by atoms with E-state index in [0.717, 1.165) is 5.82 Å². The molecule has 8 heteroatoms. The van der Waals surface area contributed by atoms with Crippen LogP contribution < -0.4 is 5.32 Å². The Bertz CT molecular complexity index is 654. The first kappa shape index (κ1) is 16.1. The second-order valence-corrected chi connectivity index (χ2v) is 6.68. The lowest BCUT2D eigenvalue weighted by Crippen LogP contribution is -2.22. The van der Waals surface area contributed by atoms with Crippen LogP contribution in [0.3, 0.4) is 0 Å². The van der Waals surface area contributed by atoms with Crippen LogP contribution in [-0.2, 0) is 11.8 Å². The van der Waals surface area contributed by atoms with Gasteiger partial charge in [-0.1, -0.05) is 35.0 Å². The van der Waals surface area contributed by atoms with Crippen LogP contribution in [0, 0.1) is 6.92 Å². The molecule has 1 heterocycles. The maximum Gasteiger partial charge on any atom is 0.237 e. The summed E-state index contributed by atoms with van der Waals surface area (Å²) in [5.41, 5.74) is 0.569. The van der Waals surface area contributed by atoms with Crippen LogP contribution >= 0.6 is 35.0 Å². The van der Waals surface area contributed by atoms with Gasteiger partial charge in [-0.25, -0.2) is 0 Å². The molecule has 1 aromatic heterocycles. The third kappa shape index (κ3) is 4.12. The highest BCUT2D eigenvalue weighted by atomic mass is 35.5. The Kier molecular flexibility index (Phi) is 5.13. The van der Waals surface area contributed by atoms with E-state index < -0.39 is 0 Å². The van der Waals surface area contributed by atoms with E-state index in [-0.39, 0.29) is 11.2 Å². The van der Waals surface area contributed by atoms with Crippen LogP contribution in [0.1, 0.15) is 12.7 Å². The van der Waals surface area contributed by atoms with Crippen molar-refractivity contribution < 1.29 is 4.79 Å². The summed E-state index contributed by atoms with van der Waals surface area (Å²) in [4.78, 5) is 12.2. The normalized spacial score (nSPS) is 12.2. The van der Waals surface area contributed by atoms with Crippen molar-refractivity contribution in [3.8, 4) is 0 Å². The zero-order chi connectivity index (χ0) is 15.6. The molecule has 21 heavy (non-hydrogen) atoms. The van der Waals surface area contributed by atoms with Crippen molar-refractivity contribution in [3.63, 3.8) is 0 Å². The van der Waals surface area contributed by atoms with E-state index >= 15 is 0 Å². The van der Waals surface area contributed by atoms with Gasteiger partial charge in [0.05, 0.1) is 5.25 Å². The Labute approximate surface area is 137 Å². The van der Waals surface area contributed by atoms with Gasteiger partial charge in [0.25, 0.3) is 0 Å². The van der Waals surface area contributed by atoms with Crippen molar-refractivity contribution in [2.24, 2.45) is 7.05 Å². The summed E-state index contributed by atoms with van der Waals surface area (Å²) in [7, 11) is 1.86. The van der Waals surface area contributed by atoms with Gasteiger partial charge < -0.3 is 9.88 Å². The number of thioether (sulfide) groups is 1. The van der Waals surface area contributed by atoms with Crippen LogP contribution in [0.15, 0.2) is 23.4 Å². The predicted molar refractivity (Wildman–Crippen MR) is 86.2 cm³/mol. The summed E-state index contributed by atoms with van der Waals surface area (Å²) in [5, 5.41) is 12.1. The number of hydrogen-bond donors (Lipinski definition) is 1. The summed E-state index contributed by atoms with van der Waals surface area (Å²) in [6.07, 6.45) is 0. The fourth-order valence-corrected chi connectivity index (χ4v) is 2.96. The summed E-state index contributed by atoms with van der Waals surface area (Å²) >= 11 is 13.1. The quantitative estimate of drug-likeness (QED) is 0.861. The number of carbonyl (C=O) groups is 1. The molecule has 2 aromatic rings. The average molecular weight is 345 g/mol. The monoisotopic (exact) mass is 344 g/mol. The van der Waals surface area contributed by atoms with Crippen LogP contribution in [0.2, 0.25) is 10.0 Å². The van der Waals surface area contributed by atoms with Crippen molar-refractivity contribution in [2.45, 2.75) is 24.3 Å². The van der Waals surface area contributed by atoms with Crippen molar-refractivity contribution in [1.29, 1.82) is 0 Å². The fourth-order valence-electron chi connectivity index (χ4n) is 1.57. The number of anilines is 1. The highest BCUT2D eigenvalue weighted by molar-refractivity contribution is 8.00. The molecule has 1 aromatic carbocycles.